The van der Waals surface area contributed by atoms with E-state index in [0.717, 1.165) is 53.9 Å². The number of fused-ring (bicyclic) bond motifs is 4. The van der Waals surface area contributed by atoms with Gasteiger partial charge in [0, 0.05) is 79.9 Å². The maximum atomic E-state index is 13.7. The van der Waals surface area contributed by atoms with Gasteiger partial charge in [-0.25, -0.2) is 13.1 Å². The number of allylic oxidation sites excluding steroid dienone is 1. The van der Waals surface area contributed by atoms with Crippen LogP contribution in [0.15, 0.2) is 67.0 Å². The van der Waals surface area contributed by atoms with Crippen LogP contribution < -0.4 is 14.4 Å². The highest BCUT2D eigenvalue weighted by Gasteiger charge is 2.50. The van der Waals surface area contributed by atoms with E-state index in [1.165, 1.54) is 11.1 Å². The summed E-state index contributed by atoms with van der Waals surface area (Å²) >= 11 is 6.49. The van der Waals surface area contributed by atoms with Crippen LogP contribution in [-0.2, 0) is 41.7 Å². The monoisotopic (exact) mass is 763 g/mol. The average molecular weight is 764 g/mol. The van der Waals surface area contributed by atoms with Gasteiger partial charge in [0.1, 0.15) is 11.4 Å². The summed E-state index contributed by atoms with van der Waals surface area (Å²) in [7, 11) is 0.922. The zero-order chi connectivity index (χ0) is 37.5. The number of halogens is 1. The lowest BCUT2D eigenvalue weighted by atomic mass is 9.62. The van der Waals surface area contributed by atoms with E-state index in [1.54, 1.807) is 46.6 Å². The van der Waals surface area contributed by atoms with Crippen LogP contribution in [0.3, 0.4) is 0 Å². The van der Waals surface area contributed by atoms with Crippen LogP contribution >= 0.6 is 11.6 Å². The highest BCUT2D eigenvalue weighted by molar-refractivity contribution is 7.90. The van der Waals surface area contributed by atoms with E-state index in [0.29, 0.717) is 31.9 Å². The number of benzene rings is 2. The highest BCUT2D eigenvalue weighted by atomic mass is 35.5. The van der Waals surface area contributed by atoms with Gasteiger partial charge in [0.2, 0.25) is 10.0 Å². The van der Waals surface area contributed by atoms with Gasteiger partial charge in [0.05, 0.1) is 17.5 Å². The summed E-state index contributed by atoms with van der Waals surface area (Å²) in [6.45, 7) is 5.33. The lowest BCUT2D eigenvalue weighted by Gasteiger charge is -2.50. The Bertz CT molecular complexity index is 1990. The molecule has 4 aliphatic rings. The first-order valence-electron chi connectivity index (χ1n) is 18.5. The third-order valence-corrected chi connectivity index (χ3v) is 14.5. The number of carbonyl (C=O) groups excluding carboxylic acids is 1. The normalized spacial score (nSPS) is 30.3. The fourth-order valence-electron chi connectivity index (χ4n) is 9.07. The molecule has 7 rings (SSSR count). The third-order valence-electron chi connectivity index (χ3n) is 12.4. The van der Waals surface area contributed by atoms with Crippen molar-refractivity contribution in [3.63, 3.8) is 0 Å². The molecule has 0 saturated heterocycles. The average Bonchev–Trinajstić information content (AvgIpc) is 3.29. The summed E-state index contributed by atoms with van der Waals surface area (Å²) in [4.78, 5) is 20.6. The van der Waals surface area contributed by atoms with Crippen LogP contribution in [0.1, 0.15) is 84.9 Å². The maximum Gasteiger partial charge on any atom is 0.264 e. The molecular weight excluding hydrogens is 714 g/mol. The summed E-state index contributed by atoms with van der Waals surface area (Å²) in [6, 6.07) is 13.5. The van der Waals surface area contributed by atoms with Gasteiger partial charge < -0.3 is 23.8 Å². The summed E-state index contributed by atoms with van der Waals surface area (Å²) < 4.78 is 54.1. The van der Waals surface area contributed by atoms with Crippen LogP contribution in [-0.4, -0.2) is 65.6 Å². The third kappa shape index (κ3) is 6.99. The van der Waals surface area contributed by atoms with Crippen molar-refractivity contribution >= 4 is 33.2 Å². The molecule has 2 aliphatic heterocycles. The number of nitrogens with one attached hydrogen (secondary N) is 1. The van der Waals surface area contributed by atoms with Gasteiger partial charge in [-0.2, -0.15) is 0 Å². The standard InChI is InChI=1S/C41H50ClN3O7S/c1-26-8-6-17-41(51-5,32-18-31(21-43-22-32)39(49-3)50-4)35-13-10-30(35)23-45-24-40(16-7-9-28-19-33(42)12-14-34(28)40)25-52-37-15-11-29(20-36(37)45)38(46)44-53(47,48)27(26)2/h6,11-12,14-15,17-22,26-27,30,35,39H,7-10,13,16,23-25H2,1-5H3,(H,44,46)/b17-6+/t26-,27+,30-,35+,40-,41-/m0/s1. The van der Waals surface area contributed by atoms with Crippen LogP contribution in [0.5, 0.6) is 5.75 Å². The van der Waals surface area contributed by atoms with Crippen LogP contribution in [0.25, 0.3) is 0 Å². The fraction of sp³-hybridized carbons (Fsp3) is 0.512. The predicted molar refractivity (Wildman–Crippen MR) is 205 cm³/mol. The molecule has 1 spiro atoms. The molecule has 53 heavy (non-hydrogen) atoms. The van der Waals surface area contributed by atoms with Crippen molar-refractivity contribution in [1.82, 2.24) is 9.71 Å². The molecule has 3 aromatic rings. The molecule has 1 saturated carbocycles. The van der Waals surface area contributed by atoms with Crippen molar-refractivity contribution in [3.8, 4) is 5.75 Å². The molecule has 2 aliphatic carbocycles. The van der Waals surface area contributed by atoms with Crippen molar-refractivity contribution in [2.75, 3.05) is 45.9 Å². The number of hydrogen-bond acceptors (Lipinski definition) is 9. The second-order valence-corrected chi connectivity index (χ2v) is 17.8. The number of anilines is 1. The Hall–Kier alpha value is -3.48. The summed E-state index contributed by atoms with van der Waals surface area (Å²) in [5.41, 5.74) is 3.98. The highest BCUT2D eigenvalue weighted by Crippen LogP contribution is 2.52. The van der Waals surface area contributed by atoms with Crippen molar-refractivity contribution < 1.29 is 32.2 Å². The molecule has 0 unspecified atom stereocenters. The lowest BCUT2D eigenvalue weighted by molar-refractivity contribution is -0.107. The van der Waals surface area contributed by atoms with E-state index in [9.17, 15) is 13.2 Å². The molecule has 3 heterocycles. The Labute approximate surface area is 318 Å². The molecule has 2 bridgehead atoms. The second-order valence-electron chi connectivity index (χ2n) is 15.3. The number of aromatic nitrogens is 1. The van der Waals surface area contributed by atoms with E-state index in [1.807, 2.05) is 37.4 Å². The van der Waals surface area contributed by atoms with Gasteiger partial charge in [-0.1, -0.05) is 36.7 Å². The van der Waals surface area contributed by atoms with E-state index in [-0.39, 0.29) is 28.7 Å². The Balaban J connectivity index is 1.37. The topological polar surface area (TPSA) is 116 Å². The van der Waals surface area contributed by atoms with Gasteiger partial charge in [-0.3, -0.25) is 9.78 Å². The van der Waals surface area contributed by atoms with E-state index in [4.69, 9.17) is 30.5 Å². The largest absolute Gasteiger partial charge is 0.490 e. The number of rotatable bonds is 5. The number of nitrogens with zero attached hydrogens (tertiary/aromatic N) is 2. The summed E-state index contributed by atoms with van der Waals surface area (Å²) in [5, 5.41) is -0.118. The molecule has 10 nitrogen and oxygen atoms in total. The molecule has 1 amide bonds. The zero-order valence-electron chi connectivity index (χ0n) is 31.1. The molecule has 1 N–H and O–H groups in total. The van der Waals surface area contributed by atoms with Gasteiger partial charge >= 0.3 is 0 Å². The predicted octanol–water partition coefficient (Wildman–Crippen LogP) is 7.11. The first-order chi connectivity index (χ1) is 25.4. The summed E-state index contributed by atoms with van der Waals surface area (Å²) in [5.74, 6) is -0.0268. The van der Waals surface area contributed by atoms with Gasteiger partial charge in [0.15, 0.2) is 6.29 Å². The lowest BCUT2D eigenvalue weighted by Crippen LogP contribution is -2.52. The van der Waals surface area contributed by atoms with Crippen LogP contribution in [0, 0.1) is 17.8 Å². The van der Waals surface area contributed by atoms with Crippen molar-refractivity contribution in [2.24, 2.45) is 17.8 Å². The second kappa shape index (κ2) is 15.0. The summed E-state index contributed by atoms with van der Waals surface area (Å²) in [6.07, 6.45) is 12.4. The number of methoxy groups -OCH3 is 3. The molecule has 1 fully saturated rings. The van der Waals surface area contributed by atoms with E-state index < -0.39 is 33.1 Å². The van der Waals surface area contributed by atoms with E-state index >= 15 is 0 Å². The van der Waals surface area contributed by atoms with Crippen molar-refractivity contribution in [2.45, 2.75) is 74.9 Å². The van der Waals surface area contributed by atoms with Crippen LogP contribution in [0.2, 0.25) is 5.02 Å². The first-order valence-corrected chi connectivity index (χ1v) is 20.5. The van der Waals surface area contributed by atoms with Gasteiger partial charge in [-0.05, 0) is 105 Å². The van der Waals surface area contributed by atoms with Crippen molar-refractivity contribution in [3.05, 3.63) is 99.9 Å². The Morgan fingerprint density at radius 1 is 1.06 bits per heavy atom. The number of amides is 1. The first kappa shape index (κ1) is 37.8. The number of carbonyl (C=O) groups is 1. The molecule has 284 valence electrons. The number of hydrogen-bond donors (Lipinski definition) is 1. The number of aryl methyl sites for hydroxylation is 1. The Morgan fingerprint density at radius 2 is 1.87 bits per heavy atom. The fourth-order valence-corrected chi connectivity index (χ4v) is 10.5. The molecule has 12 heteroatoms. The minimum Gasteiger partial charge on any atom is -0.490 e. The zero-order valence-corrected chi connectivity index (χ0v) is 32.7. The molecular formula is C41H50ClN3O7S. The van der Waals surface area contributed by atoms with E-state index in [2.05, 4.69) is 32.8 Å². The number of sulfonamides is 1. The van der Waals surface area contributed by atoms with Crippen LogP contribution in [0.4, 0.5) is 5.69 Å². The minimum absolute atomic E-state index is 0.0567. The Morgan fingerprint density at radius 3 is 2.60 bits per heavy atom. The Kier molecular flexibility index (Phi) is 10.7. The number of pyridine rings is 1. The van der Waals surface area contributed by atoms with Gasteiger partial charge in [-0.15, -0.1) is 0 Å². The van der Waals surface area contributed by atoms with Crippen molar-refractivity contribution in [1.29, 1.82) is 0 Å². The molecule has 6 atom stereocenters. The van der Waals surface area contributed by atoms with Gasteiger partial charge in [0.25, 0.3) is 5.91 Å². The molecule has 0 radical (unpaired) electrons. The molecule has 2 aromatic carbocycles. The quantitative estimate of drug-likeness (QED) is 0.214. The maximum absolute atomic E-state index is 13.7. The minimum atomic E-state index is -4.01. The smallest absolute Gasteiger partial charge is 0.264 e. The number of ether oxygens (including phenoxy) is 4. The SMILES string of the molecule is COC(OC)c1cncc([C@@]2(OC)/C=C/C[C@H](C)[C@@H](C)S(=O)(=O)NC(=O)c3ccc4c(c3)N(C[C@@H]3CC[C@H]32)C[C@@]2(CCCc3cc(Cl)ccc32)CO4)c1. The molecule has 1 aromatic heterocycles.